The minimum absolute atomic E-state index is 0.699. The van der Waals surface area contributed by atoms with E-state index in [1.807, 2.05) is 0 Å². The van der Waals surface area contributed by atoms with Crippen molar-refractivity contribution in [3.05, 3.63) is 0 Å². The molecule has 0 bridgehead atoms. The molecule has 0 heterocycles. The molecule has 3 unspecified atom stereocenters. The van der Waals surface area contributed by atoms with E-state index in [1.165, 1.54) is 19.3 Å². The van der Waals surface area contributed by atoms with Gasteiger partial charge in [-0.3, -0.25) is 0 Å². The van der Waals surface area contributed by atoms with Gasteiger partial charge in [0, 0.05) is 19.8 Å². The maximum atomic E-state index is 5.44. The van der Waals surface area contributed by atoms with Crippen molar-refractivity contribution >= 4 is 0 Å². The van der Waals surface area contributed by atoms with Crippen LogP contribution in [0.2, 0.25) is 0 Å². The lowest BCUT2D eigenvalue weighted by Crippen LogP contribution is -2.39. The summed E-state index contributed by atoms with van der Waals surface area (Å²) in [5, 5.41) is 3.67. The third-order valence-corrected chi connectivity index (χ3v) is 3.74. The number of nitrogens with one attached hydrogen (secondary N) is 1. The van der Waals surface area contributed by atoms with Crippen molar-refractivity contribution in [2.24, 2.45) is 11.8 Å². The molecule has 1 N–H and O–H groups in total. The Morgan fingerprint density at radius 2 is 1.94 bits per heavy atom. The average molecular weight is 243 g/mol. The van der Waals surface area contributed by atoms with Gasteiger partial charge in [0.1, 0.15) is 0 Å². The first kappa shape index (κ1) is 14.9. The van der Waals surface area contributed by atoms with E-state index in [2.05, 4.69) is 19.2 Å². The van der Waals surface area contributed by atoms with E-state index >= 15 is 0 Å². The Balaban J connectivity index is 1.95. The topological polar surface area (TPSA) is 30.5 Å². The van der Waals surface area contributed by atoms with Crippen LogP contribution in [0.1, 0.15) is 39.5 Å². The third kappa shape index (κ3) is 6.39. The molecule has 0 spiro atoms. The van der Waals surface area contributed by atoms with Crippen LogP contribution in [0.3, 0.4) is 0 Å². The number of rotatable bonds is 8. The molecular weight excluding hydrogens is 214 g/mol. The highest BCUT2D eigenvalue weighted by molar-refractivity contribution is 4.80. The van der Waals surface area contributed by atoms with E-state index in [9.17, 15) is 0 Å². The van der Waals surface area contributed by atoms with Crippen molar-refractivity contribution in [3.8, 4) is 0 Å². The van der Waals surface area contributed by atoms with Crippen LogP contribution in [0.25, 0.3) is 0 Å². The number of ether oxygens (including phenoxy) is 2. The van der Waals surface area contributed by atoms with E-state index in [-0.39, 0.29) is 0 Å². The molecule has 1 fully saturated rings. The molecule has 1 aliphatic rings. The highest BCUT2D eigenvalue weighted by Crippen LogP contribution is 2.28. The quantitative estimate of drug-likeness (QED) is 0.664. The molecule has 0 aliphatic heterocycles. The van der Waals surface area contributed by atoms with Gasteiger partial charge in [0.05, 0.1) is 13.2 Å². The minimum atomic E-state index is 0.699. The SMILES string of the molecule is COCCOCCCNC1CCC(C)CC1C. The van der Waals surface area contributed by atoms with E-state index < -0.39 is 0 Å². The van der Waals surface area contributed by atoms with Crippen molar-refractivity contribution in [1.82, 2.24) is 5.32 Å². The second-order valence-electron chi connectivity index (χ2n) is 5.41. The van der Waals surface area contributed by atoms with E-state index in [0.717, 1.165) is 37.5 Å². The van der Waals surface area contributed by atoms with Crippen LogP contribution in [0, 0.1) is 11.8 Å². The smallest absolute Gasteiger partial charge is 0.0700 e. The van der Waals surface area contributed by atoms with Crippen molar-refractivity contribution in [1.29, 1.82) is 0 Å². The zero-order chi connectivity index (χ0) is 12.5. The maximum absolute atomic E-state index is 5.44. The zero-order valence-electron chi connectivity index (χ0n) is 11.7. The summed E-state index contributed by atoms with van der Waals surface area (Å²) in [6.07, 6.45) is 5.20. The lowest BCUT2D eigenvalue weighted by molar-refractivity contribution is 0.0687. The fraction of sp³-hybridized carbons (Fsp3) is 1.00. The Hall–Kier alpha value is -0.120. The molecular formula is C14H29NO2. The molecule has 3 nitrogen and oxygen atoms in total. The fourth-order valence-corrected chi connectivity index (χ4v) is 2.67. The molecule has 0 radical (unpaired) electrons. The van der Waals surface area contributed by atoms with Gasteiger partial charge in [0.2, 0.25) is 0 Å². The first-order valence-corrected chi connectivity index (χ1v) is 7.04. The molecule has 102 valence electrons. The molecule has 1 aliphatic carbocycles. The summed E-state index contributed by atoms with van der Waals surface area (Å²) < 4.78 is 10.4. The summed E-state index contributed by atoms with van der Waals surface area (Å²) >= 11 is 0. The molecule has 0 aromatic carbocycles. The molecule has 1 saturated carbocycles. The Morgan fingerprint density at radius 1 is 1.12 bits per heavy atom. The van der Waals surface area contributed by atoms with Gasteiger partial charge in [-0.2, -0.15) is 0 Å². The highest BCUT2D eigenvalue weighted by atomic mass is 16.5. The van der Waals surface area contributed by atoms with Gasteiger partial charge in [-0.1, -0.05) is 13.8 Å². The van der Waals surface area contributed by atoms with Gasteiger partial charge in [-0.25, -0.2) is 0 Å². The summed E-state index contributed by atoms with van der Waals surface area (Å²) in [4.78, 5) is 0. The summed E-state index contributed by atoms with van der Waals surface area (Å²) in [6, 6.07) is 0.727. The van der Waals surface area contributed by atoms with Crippen molar-refractivity contribution in [2.75, 3.05) is 33.5 Å². The normalized spacial score (nSPS) is 29.5. The molecule has 1 rings (SSSR count). The zero-order valence-corrected chi connectivity index (χ0v) is 11.7. The first-order chi connectivity index (χ1) is 8.24. The van der Waals surface area contributed by atoms with Crippen LogP contribution in [-0.4, -0.2) is 39.5 Å². The standard InChI is InChI=1S/C14H29NO2/c1-12-5-6-14(13(2)11-12)15-7-4-8-17-10-9-16-3/h12-15H,4-11H2,1-3H3. The van der Waals surface area contributed by atoms with Crippen molar-refractivity contribution < 1.29 is 9.47 Å². The first-order valence-electron chi connectivity index (χ1n) is 7.04. The molecule has 0 aromatic heterocycles. The largest absolute Gasteiger partial charge is 0.382 e. The van der Waals surface area contributed by atoms with Crippen molar-refractivity contribution in [2.45, 2.75) is 45.6 Å². The summed E-state index contributed by atoms with van der Waals surface area (Å²) in [7, 11) is 1.70. The summed E-state index contributed by atoms with van der Waals surface area (Å²) in [5.74, 6) is 1.74. The molecule has 0 amide bonds. The monoisotopic (exact) mass is 243 g/mol. The number of hydrogen-bond donors (Lipinski definition) is 1. The van der Waals surface area contributed by atoms with Crippen LogP contribution in [-0.2, 0) is 9.47 Å². The van der Waals surface area contributed by atoms with E-state index in [4.69, 9.17) is 9.47 Å². The molecule has 0 saturated heterocycles. The minimum Gasteiger partial charge on any atom is -0.382 e. The number of hydrogen-bond acceptors (Lipinski definition) is 3. The van der Waals surface area contributed by atoms with Gasteiger partial charge in [-0.05, 0) is 44.1 Å². The van der Waals surface area contributed by atoms with Crippen LogP contribution in [0.15, 0.2) is 0 Å². The van der Waals surface area contributed by atoms with Gasteiger partial charge < -0.3 is 14.8 Å². The maximum Gasteiger partial charge on any atom is 0.0700 e. The van der Waals surface area contributed by atoms with Crippen molar-refractivity contribution in [3.63, 3.8) is 0 Å². The number of methoxy groups -OCH3 is 1. The molecule has 0 aromatic rings. The Morgan fingerprint density at radius 3 is 2.65 bits per heavy atom. The van der Waals surface area contributed by atoms with Gasteiger partial charge >= 0.3 is 0 Å². The highest BCUT2D eigenvalue weighted by Gasteiger charge is 2.24. The molecule has 17 heavy (non-hydrogen) atoms. The Kier molecular flexibility index (Phi) is 7.82. The summed E-state index contributed by atoms with van der Waals surface area (Å²) in [5.41, 5.74) is 0. The second kappa shape index (κ2) is 8.90. The second-order valence-corrected chi connectivity index (χ2v) is 5.41. The predicted molar refractivity (Wildman–Crippen MR) is 71.3 cm³/mol. The van der Waals surface area contributed by atoms with Crippen LogP contribution in [0.5, 0.6) is 0 Å². The molecule has 3 heteroatoms. The van der Waals surface area contributed by atoms with E-state index in [0.29, 0.717) is 13.2 Å². The molecule has 3 atom stereocenters. The predicted octanol–water partition coefficient (Wildman–Crippen LogP) is 2.45. The van der Waals surface area contributed by atoms with Crippen LogP contribution in [0.4, 0.5) is 0 Å². The van der Waals surface area contributed by atoms with Gasteiger partial charge in [0.25, 0.3) is 0 Å². The van der Waals surface area contributed by atoms with Crippen LogP contribution < -0.4 is 5.32 Å². The Labute approximate surface area is 106 Å². The van der Waals surface area contributed by atoms with E-state index in [1.54, 1.807) is 7.11 Å². The fourth-order valence-electron chi connectivity index (χ4n) is 2.67. The average Bonchev–Trinajstić information content (AvgIpc) is 2.30. The van der Waals surface area contributed by atoms with Gasteiger partial charge in [-0.15, -0.1) is 0 Å². The van der Waals surface area contributed by atoms with Gasteiger partial charge in [0.15, 0.2) is 0 Å². The Bertz CT molecular complexity index is 187. The summed E-state index contributed by atoms with van der Waals surface area (Å²) in [6.45, 7) is 8.09. The lowest BCUT2D eigenvalue weighted by atomic mass is 9.80. The van der Waals surface area contributed by atoms with Crippen LogP contribution >= 0.6 is 0 Å². The lowest BCUT2D eigenvalue weighted by Gasteiger charge is -2.33. The third-order valence-electron chi connectivity index (χ3n) is 3.74.